The van der Waals surface area contributed by atoms with Crippen LogP contribution in [0.5, 0.6) is 5.75 Å². The van der Waals surface area contributed by atoms with E-state index in [1.54, 1.807) is 0 Å². The van der Waals surface area contributed by atoms with E-state index in [9.17, 15) is 0 Å². The molecule has 1 aromatic carbocycles. The first kappa shape index (κ1) is 19.2. The number of ether oxygens (including phenoxy) is 1. The molecule has 2 aromatic rings. The lowest BCUT2D eigenvalue weighted by molar-refractivity contribution is 0.206. The minimum absolute atomic E-state index is 0.114. The van der Waals surface area contributed by atoms with E-state index in [4.69, 9.17) is 10.5 Å². The molecule has 2 N–H and O–H groups in total. The van der Waals surface area contributed by atoms with Gasteiger partial charge in [-0.05, 0) is 78.7 Å². The van der Waals surface area contributed by atoms with Crippen LogP contribution in [0, 0.1) is 11.3 Å². The third-order valence-electron chi connectivity index (χ3n) is 6.55. The maximum Gasteiger partial charge on any atom is 0.137 e. The van der Waals surface area contributed by atoms with Crippen molar-refractivity contribution in [1.82, 2.24) is 4.98 Å². The van der Waals surface area contributed by atoms with E-state index < -0.39 is 0 Å². The largest absolute Gasteiger partial charge is 0.492 e. The molecule has 0 saturated heterocycles. The summed E-state index contributed by atoms with van der Waals surface area (Å²) in [4.78, 5) is 4.59. The quantitative estimate of drug-likeness (QED) is 0.610. The van der Waals surface area contributed by atoms with Gasteiger partial charge < -0.3 is 10.5 Å². The van der Waals surface area contributed by atoms with E-state index in [2.05, 4.69) is 42.8 Å². The Morgan fingerprint density at radius 3 is 2.71 bits per heavy atom. The smallest absolute Gasteiger partial charge is 0.137 e. The summed E-state index contributed by atoms with van der Waals surface area (Å²) in [6, 6.07) is 12.9. The summed E-state index contributed by atoms with van der Waals surface area (Å²) in [7, 11) is 0. The van der Waals surface area contributed by atoms with E-state index in [0.717, 1.165) is 61.6 Å². The Balaban J connectivity index is 1.39. The van der Waals surface area contributed by atoms with Crippen LogP contribution in [0.4, 0.5) is 0 Å². The fourth-order valence-electron chi connectivity index (χ4n) is 4.63. The number of hydrogen-bond acceptors (Lipinski definition) is 3. The molecule has 0 spiro atoms. The maximum atomic E-state index is 6.76. The normalized spacial score (nSPS) is 23.4. The number of allylic oxidation sites excluding steroid dienone is 1. The lowest BCUT2D eigenvalue weighted by Crippen LogP contribution is -2.31. The number of aromatic nitrogens is 1. The second kappa shape index (κ2) is 8.08. The Morgan fingerprint density at radius 2 is 2.04 bits per heavy atom. The molecule has 1 heterocycles. The Morgan fingerprint density at radius 1 is 1.21 bits per heavy atom. The van der Waals surface area contributed by atoms with Gasteiger partial charge in [0, 0.05) is 6.04 Å². The zero-order valence-corrected chi connectivity index (χ0v) is 17.0. The van der Waals surface area contributed by atoms with Crippen LogP contribution in [-0.4, -0.2) is 11.6 Å². The molecular weight excluding hydrogens is 344 g/mol. The Bertz CT molecular complexity index is 825. The van der Waals surface area contributed by atoms with Crippen molar-refractivity contribution in [2.24, 2.45) is 17.1 Å². The third-order valence-corrected chi connectivity index (χ3v) is 6.55. The van der Waals surface area contributed by atoms with Crippen LogP contribution in [0.3, 0.4) is 0 Å². The van der Waals surface area contributed by atoms with Gasteiger partial charge in [0.1, 0.15) is 5.75 Å². The van der Waals surface area contributed by atoms with Crippen LogP contribution >= 0.6 is 0 Å². The van der Waals surface area contributed by atoms with E-state index >= 15 is 0 Å². The van der Waals surface area contributed by atoms with Crippen LogP contribution < -0.4 is 10.5 Å². The van der Waals surface area contributed by atoms with Crippen molar-refractivity contribution in [2.75, 3.05) is 6.61 Å². The van der Waals surface area contributed by atoms with E-state index in [1.165, 1.54) is 24.0 Å². The predicted molar refractivity (Wildman–Crippen MR) is 115 cm³/mol. The molecule has 2 aliphatic carbocycles. The lowest BCUT2D eigenvalue weighted by Gasteiger charge is -2.34. The molecule has 2 atom stereocenters. The van der Waals surface area contributed by atoms with Gasteiger partial charge in [-0.3, -0.25) is 4.98 Å². The minimum Gasteiger partial charge on any atom is -0.492 e. The van der Waals surface area contributed by atoms with Crippen LogP contribution in [0.1, 0.15) is 68.3 Å². The molecule has 2 aliphatic rings. The zero-order chi connectivity index (χ0) is 19.6. The summed E-state index contributed by atoms with van der Waals surface area (Å²) in [6.45, 7) is 7.40. The average molecular weight is 377 g/mol. The van der Waals surface area contributed by atoms with E-state index in [1.807, 2.05) is 18.3 Å². The van der Waals surface area contributed by atoms with Crippen molar-refractivity contribution in [3.05, 3.63) is 66.0 Å². The first-order chi connectivity index (χ1) is 13.6. The highest BCUT2D eigenvalue weighted by Crippen LogP contribution is 2.51. The van der Waals surface area contributed by atoms with Gasteiger partial charge >= 0.3 is 0 Å². The molecule has 0 bridgehead atoms. The van der Waals surface area contributed by atoms with Crippen molar-refractivity contribution in [2.45, 2.75) is 57.9 Å². The maximum absolute atomic E-state index is 6.76. The number of fused-ring (bicyclic) bond motifs is 1. The van der Waals surface area contributed by atoms with Crippen molar-refractivity contribution < 1.29 is 4.74 Å². The molecule has 3 nitrogen and oxygen atoms in total. The second-order valence-corrected chi connectivity index (χ2v) is 8.70. The number of nitrogens with two attached hydrogens (primary N) is 1. The van der Waals surface area contributed by atoms with Crippen LogP contribution in [0.15, 0.2) is 49.2 Å². The molecular formula is C25H32N2O. The number of nitrogens with zero attached hydrogens (tertiary/aromatic N) is 1. The molecule has 0 radical (unpaired) electrons. The number of benzene rings is 1. The third kappa shape index (κ3) is 4.00. The highest BCUT2D eigenvalue weighted by molar-refractivity contribution is 5.60. The number of pyridine rings is 1. The Hall–Kier alpha value is -2.13. The van der Waals surface area contributed by atoms with Crippen molar-refractivity contribution in [3.8, 4) is 5.75 Å². The standard InChI is InChI=1S/C25H32N2O/c1-3-13-25(15-20-6-4-5-7-22(20)24(25)26)14-12-18(2)23-11-10-21(16-27-23)28-17-19-8-9-19/h4-7,10-11,16,19,24H,2-3,8-9,12-15,17,26H2,1H3/t24-,25?/m1/s1. The first-order valence-electron chi connectivity index (χ1n) is 10.7. The molecule has 0 aliphatic heterocycles. The highest BCUT2D eigenvalue weighted by atomic mass is 16.5. The second-order valence-electron chi connectivity index (χ2n) is 8.70. The summed E-state index contributed by atoms with van der Waals surface area (Å²) in [5, 5.41) is 0. The zero-order valence-electron chi connectivity index (χ0n) is 17.0. The van der Waals surface area contributed by atoms with E-state index in [0.29, 0.717) is 0 Å². The summed E-state index contributed by atoms with van der Waals surface area (Å²) >= 11 is 0. The van der Waals surface area contributed by atoms with Gasteiger partial charge in [0.2, 0.25) is 0 Å². The SMILES string of the molecule is C=C(CCC1(CCC)Cc2ccccc2[C@H]1N)c1ccc(OCC2CC2)cn1. The predicted octanol–water partition coefficient (Wildman–Crippen LogP) is 5.71. The van der Waals surface area contributed by atoms with Crippen molar-refractivity contribution in [1.29, 1.82) is 0 Å². The fourth-order valence-corrected chi connectivity index (χ4v) is 4.63. The fraction of sp³-hybridized carbons (Fsp3) is 0.480. The van der Waals surface area contributed by atoms with Gasteiger partial charge in [-0.1, -0.05) is 44.2 Å². The van der Waals surface area contributed by atoms with Gasteiger partial charge in [-0.25, -0.2) is 0 Å². The lowest BCUT2D eigenvalue weighted by atomic mass is 9.73. The molecule has 1 saturated carbocycles. The Labute approximate surface area is 169 Å². The molecule has 1 unspecified atom stereocenters. The van der Waals surface area contributed by atoms with Crippen LogP contribution in [0.2, 0.25) is 0 Å². The topological polar surface area (TPSA) is 48.1 Å². The summed E-state index contributed by atoms with van der Waals surface area (Å²) < 4.78 is 5.80. The first-order valence-corrected chi connectivity index (χ1v) is 10.7. The van der Waals surface area contributed by atoms with Crippen LogP contribution in [-0.2, 0) is 6.42 Å². The van der Waals surface area contributed by atoms with Gasteiger partial charge in [0.25, 0.3) is 0 Å². The molecule has 4 rings (SSSR count). The molecule has 1 fully saturated rings. The minimum atomic E-state index is 0.114. The molecule has 148 valence electrons. The summed E-state index contributed by atoms with van der Waals surface area (Å²) in [5.74, 6) is 1.61. The van der Waals surface area contributed by atoms with Crippen molar-refractivity contribution in [3.63, 3.8) is 0 Å². The molecule has 3 heteroatoms. The number of rotatable bonds is 9. The number of hydrogen-bond donors (Lipinski definition) is 1. The van der Waals surface area contributed by atoms with E-state index in [-0.39, 0.29) is 11.5 Å². The van der Waals surface area contributed by atoms with Gasteiger partial charge in [-0.15, -0.1) is 0 Å². The molecule has 0 amide bonds. The van der Waals surface area contributed by atoms with Crippen LogP contribution in [0.25, 0.3) is 5.57 Å². The average Bonchev–Trinajstić information content (AvgIpc) is 3.51. The van der Waals surface area contributed by atoms with Gasteiger partial charge in [0.15, 0.2) is 0 Å². The van der Waals surface area contributed by atoms with Crippen molar-refractivity contribution >= 4 is 5.57 Å². The summed E-state index contributed by atoms with van der Waals surface area (Å²) in [6.07, 6.45) is 9.79. The monoisotopic (exact) mass is 376 g/mol. The van der Waals surface area contributed by atoms with Gasteiger partial charge in [0.05, 0.1) is 18.5 Å². The molecule has 1 aromatic heterocycles. The summed E-state index contributed by atoms with van der Waals surface area (Å²) in [5.41, 5.74) is 11.7. The van der Waals surface area contributed by atoms with Gasteiger partial charge in [-0.2, -0.15) is 0 Å². The highest BCUT2D eigenvalue weighted by Gasteiger charge is 2.42. The molecule has 28 heavy (non-hydrogen) atoms. The Kier molecular flexibility index (Phi) is 5.54.